The zero-order chi connectivity index (χ0) is 15.8. The maximum atomic E-state index is 12.2. The first-order chi connectivity index (χ1) is 10.7. The van der Waals surface area contributed by atoms with Gasteiger partial charge in [0.2, 0.25) is 0 Å². The zero-order valence-electron chi connectivity index (χ0n) is 13.0. The van der Waals surface area contributed by atoms with E-state index >= 15 is 0 Å². The van der Waals surface area contributed by atoms with E-state index in [1.807, 2.05) is 30.8 Å². The van der Waals surface area contributed by atoms with Crippen LogP contribution in [0.2, 0.25) is 5.02 Å². The van der Waals surface area contributed by atoms with Crippen LogP contribution in [0.4, 0.5) is 0 Å². The molecule has 1 aliphatic rings. The molecule has 1 aliphatic carbocycles. The number of amides is 1. The number of carbonyl (C=O) groups is 1. The third-order valence-electron chi connectivity index (χ3n) is 3.83. The summed E-state index contributed by atoms with van der Waals surface area (Å²) in [5, 5.41) is 4.29. The maximum absolute atomic E-state index is 12.2. The normalized spacial score (nSPS) is 16.5. The predicted molar refractivity (Wildman–Crippen MR) is 93.9 cm³/mol. The van der Waals surface area contributed by atoms with Gasteiger partial charge in [-0.05, 0) is 31.4 Å². The molecule has 1 N–H and O–H groups in total. The largest absolute Gasteiger partial charge is 0.479 e. The molecule has 2 rings (SSSR count). The van der Waals surface area contributed by atoms with Crippen molar-refractivity contribution < 1.29 is 9.53 Å². The quantitative estimate of drug-likeness (QED) is 0.717. The number of halogens is 1. The highest BCUT2D eigenvalue weighted by atomic mass is 35.5. The molecule has 0 heterocycles. The number of para-hydroxylation sites is 1. The summed E-state index contributed by atoms with van der Waals surface area (Å²) in [6.45, 7) is 2.64. The number of ether oxygens (including phenoxy) is 1. The minimum atomic E-state index is -0.489. The molecule has 5 heteroatoms. The molecule has 22 heavy (non-hydrogen) atoms. The molecule has 1 amide bonds. The number of carbonyl (C=O) groups excluding carboxylic acids is 1. The molecule has 1 saturated carbocycles. The topological polar surface area (TPSA) is 38.3 Å². The third-order valence-corrected chi connectivity index (χ3v) is 5.52. The summed E-state index contributed by atoms with van der Waals surface area (Å²) < 4.78 is 5.74. The first kappa shape index (κ1) is 17.5. The van der Waals surface area contributed by atoms with Gasteiger partial charge in [0.25, 0.3) is 5.91 Å². The van der Waals surface area contributed by atoms with Crippen molar-refractivity contribution in [3.8, 4) is 5.75 Å². The van der Waals surface area contributed by atoms with Crippen molar-refractivity contribution in [3.05, 3.63) is 29.3 Å². The van der Waals surface area contributed by atoms with Gasteiger partial charge in [0, 0.05) is 17.5 Å². The number of benzene rings is 1. The highest BCUT2D eigenvalue weighted by Gasteiger charge is 2.19. The van der Waals surface area contributed by atoms with Crippen molar-refractivity contribution in [3.63, 3.8) is 0 Å². The smallest absolute Gasteiger partial charge is 0.261 e. The SMILES string of the molecule is CCC(Oc1ccccc1Cl)C(=O)NCCSC1CCCC1. The molecule has 1 aromatic rings. The highest BCUT2D eigenvalue weighted by Crippen LogP contribution is 2.29. The molecule has 0 spiro atoms. The number of thioether (sulfide) groups is 1. The Morgan fingerprint density at radius 3 is 2.82 bits per heavy atom. The molecule has 1 fully saturated rings. The Bertz CT molecular complexity index is 477. The third kappa shape index (κ3) is 5.40. The van der Waals surface area contributed by atoms with Crippen molar-refractivity contribution in [2.75, 3.05) is 12.3 Å². The first-order valence-electron chi connectivity index (χ1n) is 8.01. The van der Waals surface area contributed by atoms with E-state index in [2.05, 4.69) is 5.32 Å². The molecule has 0 radical (unpaired) electrons. The summed E-state index contributed by atoms with van der Waals surface area (Å²) in [7, 11) is 0. The van der Waals surface area contributed by atoms with Crippen molar-refractivity contribution in [2.24, 2.45) is 0 Å². The molecule has 122 valence electrons. The van der Waals surface area contributed by atoms with Crippen LogP contribution in [0.3, 0.4) is 0 Å². The molecule has 0 saturated heterocycles. The van der Waals surface area contributed by atoms with E-state index < -0.39 is 6.10 Å². The lowest BCUT2D eigenvalue weighted by atomic mass is 10.2. The molecule has 1 aromatic carbocycles. The van der Waals surface area contributed by atoms with Gasteiger partial charge in [-0.2, -0.15) is 11.8 Å². The van der Waals surface area contributed by atoms with E-state index in [1.54, 1.807) is 12.1 Å². The van der Waals surface area contributed by atoms with Crippen LogP contribution in [0.5, 0.6) is 5.75 Å². The van der Waals surface area contributed by atoms with Crippen LogP contribution >= 0.6 is 23.4 Å². The number of nitrogens with one attached hydrogen (secondary N) is 1. The summed E-state index contributed by atoms with van der Waals surface area (Å²) >= 11 is 8.04. The minimum Gasteiger partial charge on any atom is -0.479 e. The number of hydrogen-bond donors (Lipinski definition) is 1. The van der Waals surface area contributed by atoms with E-state index in [0.717, 1.165) is 11.0 Å². The van der Waals surface area contributed by atoms with Gasteiger partial charge in [-0.3, -0.25) is 4.79 Å². The fraction of sp³-hybridized carbons (Fsp3) is 0.588. The Kier molecular flexibility index (Phi) is 7.40. The molecule has 3 nitrogen and oxygen atoms in total. The second-order valence-corrected chi connectivity index (χ2v) is 7.33. The summed E-state index contributed by atoms with van der Waals surface area (Å²) in [5.41, 5.74) is 0. The number of hydrogen-bond acceptors (Lipinski definition) is 3. The Balaban J connectivity index is 1.73. The maximum Gasteiger partial charge on any atom is 0.261 e. The van der Waals surface area contributed by atoms with Crippen molar-refractivity contribution >= 4 is 29.3 Å². The molecule has 1 unspecified atom stereocenters. The van der Waals surface area contributed by atoms with Crippen molar-refractivity contribution in [1.82, 2.24) is 5.32 Å². The van der Waals surface area contributed by atoms with E-state index in [1.165, 1.54) is 25.7 Å². The summed E-state index contributed by atoms with van der Waals surface area (Å²) in [6.07, 6.45) is 5.49. The van der Waals surface area contributed by atoms with Crippen molar-refractivity contribution in [2.45, 2.75) is 50.4 Å². The predicted octanol–water partition coefficient (Wildman–Crippen LogP) is 4.29. The highest BCUT2D eigenvalue weighted by molar-refractivity contribution is 7.99. The van der Waals surface area contributed by atoms with Crippen LogP contribution in [0, 0.1) is 0 Å². The average Bonchev–Trinajstić information content (AvgIpc) is 3.04. The fourth-order valence-electron chi connectivity index (χ4n) is 2.58. The van der Waals surface area contributed by atoms with Gasteiger partial charge in [0.15, 0.2) is 6.10 Å². The summed E-state index contributed by atoms with van der Waals surface area (Å²) in [4.78, 5) is 12.2. The van der Waals surface area contributed by atoms with Gasteiger partial charge in [-0.1, -0.05) is 43.5 Å². The van der Waals surface area contributed by atoms with E-state index in [0.29, 0.717) is 23.7 Å². The lowest BCUT2D eigenvalue weighted by Gasteiger charge is -2.18. The van der Waals surface area contributed by atoms with E-state index in [-0.39, 0.29) is 5.91 Å². The lowest BCUT2D eigenvalue weighted by Crippen LogP contribution is -2.39. The monoisotopic (exact) mass is 341 g/mol. The van der Waals surface area contributed by atoms with Gasteiger partial charge in [0.05, 0.1) is 5.02 Å². The Morgan fingerprint density at radius 1 is 1.41 bits per heavy atom. The second-order valence-electron chi connectivity index (χ2n) is 5.51. The molecular formula is C17H24ClNO2S. The number of rotatable bonds is 8. The molecule has 1 atom stereocenters. The van der Waals surface area contributed by atoms with Crippen LogP contribution in [-0.2, 0) is 4.79 Å². The first-order valence-corrected chi connectivity index (χ1v) is 9.44. The summed E-state index contributed by atoms with van der Waals surface area (Å²) in [5.74, 6) is 1.47. The standard InChI is InChI=1S/C17H24ClNO2S/c1-2-15(21-16-10-6-5-9-14(16)18)17(20)19-11-12-22-13-7-3-4-8-13/h5-6,9-10,13,15H,2-4,7-8,11-12H2,1H3,(H,19,20). The zero-order valence-corrected chi connectivity index (χ0v) is 14.6. The second kappa shape index (κ2) is 9.31. The fourth-order valence-corrected chi connectivity index (χ4v) is 3.98. The van der Waals surface area contributed by atoms with Crippen LogP contribution < -0.4 is 10.1 Å². The molecule has 0 bridgehead atoms. The molecule has 0 aliphatic heterocycles. The van der Waals surface area contributed by atoms with Crippen LogP contribution in [0.25, 0.3) is 0 Å². The van der Waals surface area contributed by atoms with Gasteiger partial charge >= 0.3 is 0 Å². The van der Waals surface area contributed by atoms with Crippen LogP contribution in [0.1, 0.15) is 39.0 Å². The van der Waals surface area contributed by atoms with Gasteiger partial charge in [-0.15, -0.1) is 0 Å². The Labute approximate surface area is 142 Å². The Morgan fingerprint density at radius 2 is 2.14 bits per heavy atom. The minimum absolute atomic E-state index is 0.0607. The Hall–Kier alpha value is -0.870. The lowest BCUT2D eigenvalue weighted by molar-refractivity contribution is -0.127. The molecule has 0 aromatic heterocycles. The van der Waals surface area contributed by atoms with Gasteiger partial charge in [0.1, 0.15) is 5.75 Å². The summed E-state index contributed by atoms with van der Waals surface area (Å²) in [6, 6.07) is 7.24. The van der Waals surface area contributed by atoms with E-state index in [9.17, 15) is 4.79 Å². The van der Waals surface area contributed by atoms with E-state index in [4.69, 9.17) is 16.3 Å². The van der Waals surface area contributed by atoms with Crippen LogP contribution in [0.15, 0.2) is 24.3 Å². The van der Waals surface area contributed by atoms with Crippen molar-refractivity contribution in [1.29, 1.82) is 0 Å². The average molecular weight is 342 g/mol. The van der Waals surface area contributed by atoms with Crippen LogP contribution in [-0.4, -0.2) is 29.6 Å². The van der Waals surface area contributed by atoms with Gasteiger partial charge < -0.3 is 10.1 Å². The van der Waals surface area contributed by atoms with Gasteiger partial charge in [-0.25, -0.2) is 0 Å². The molecular weight excluding hydrogens is 318 g/mol.